The fourth-order valence-electron chi connectivity index (χ4n) is 22.6. The van der Waals surface area contributed by atoms with Gasteiger partial charge in [0.15, 0.2) is 50.3 Å². The van der Waals surface area contributed by atoms with Crippen LogP contribution in [0.3, 0.4) is 0 Å². The van der Waals surface area contributed by atoms with Crippen LogP contribution < -0.4 is 0 Å². The summed E-state index contributed by atoms with van der Waals surface area (Å²) in [4.78, 5) is 0. The normalized spacial score (nSPS) is 37.8. The maximum atomic E-state index is 7.76. The van der Waals surface area contributed by atoms with Crippen LogP contribution in [0.5, 0.6) is 0 Å². The Morgan fingerprint density at radius 3 is 0.372 bits per heavy atom. The summed E-state index contributed by atoms with van der Waals surface area (Å²) in [7, 11) is 33.4. The van der Waals surface area contributed by atoms with Crippen LogP contribution in [0.2, 0.25) is 0 Å². The van der Waals surface area contributed by atoms with Gasteiger partial charge in [0.05, 0.1) is 52.9 Å². The van der Waals surface area contributed by atoms with E-state index in [1.165, 1.54) is 156 Å². The van der Waals surface area contributed by atoms with E-state index in [0.717, 1.165) is 33.4 Å². The van der Waals surface area contributed by atoms with Gasteiger partial charge in [-0.3, -0.25) is 0 Å². The van der Waals surface area contributed by atoms with Crippen LogP contribution in [0.15, 0.2) is 182 Å². The molecule has 0 saturated carbocycles. The largest absolute Gasteiger partial charge is 0.382 e. The van der Waals surface area contributed by atoms with E-state index < -0.39 is 257 Å². The third-order valence-corrected chi connectivity index (χ3v) is 29.4. The van der Waals surface area contributed by atoms with Crippen molar-refractivity contribution in [3.8, 4) is 0 Å². The first-order valence-electron chi connectivity index (χ1n) is 49.9. The summed E-state index contributed by atoms with van der Waals surface area (Å²) in [5, 5.41) is 0. The van der Waals surface area contributed by atoms with Gasteiger partial charge in [0.2, 0.25) is 0 Å². The van der Waals surface area contributed by atoms with E-state index in [1.54, 1.807) is 0 Å². The molecule has 40 atom stereocenters. The maximum absolute atomic E-state index is 7.76. The summed E-state index contributed by atoms with van der Waals surface area (Å²) in [5.41, 5.74) is 2.06. The zero-order valence-corrected chi connectivity index (χ0v) is 88.4. The molecule has 148 heavy (non-hydrogen) atoms. The van der Waals surface area contributed by atoms with Gasteiger partial charge in [-0.1, -0.05) is 182 Å². The quantitative estimate of drug-likeness (QED) is 0.0349. The molecule has 0 radical (unpaired) electrons. The molecule has 40 nitrogen and oxygen atoms in total. The van der Waals surface area contributed by atoms with Crippen LogP contribution in [-0.2, 0) is 201 Å². The molecule has 0 N–H and O–H groups in total. The van der Waals surface area contributed by atoms with Crippen molar-refractivity contribution in [2.45, 2.75) is 257 Å². The van der Waals surface area contributed by atoms with E-state index in [1.807, 2.05) is 182 Å². The predicted molar refractivity (Wildman–Crippen MR) is 523 cm³/mol. The number of hydrogen-bond donors (Lipinski definition) is 0. The predicted octanol–water partition coefficient (Wildman–Crippen LogP) is 7.02. The van der Waals surface area contributed by atoms with Gasteiger partial charge in [-0.2, -0.15) is 0 Å². The molecule has 6 aromatic carbocycles. The molecule has 0 aromatic heterocycles. The minimum absolute atomic E-state index is 0.0959. The van der Waals surface area contributed by atoms with E-state index in [2.05, 4.69) is 0 Å². The monoisotopic (exact) mass is 2090 g/mol. The summed E-state index contributed by atoms with van der Waals surface area (Å²) >= 11 is 0. The highest BCUT2D eigenvalue weighted by molar-refractivity contribution is 5.49. The van der Waals surface area contributed by atoms with Crippen LogP contribution >= 0.6 is 0 Å². The number of hydrogen-bond acceptors (Lipinski definition) is 40. The molecule has 30 aliphatic heterocycles. The minimum atomic E-state index is -1.41. The van der Waals surface area contributed by atoms with Crippen molar-refractivity contribution in [2.24, 2.45) is 0 Å². The first-order chi connectivity index (χ1) is 72.4. The van der Waals surface area contributed by atoms with E-state index in [0.29, 0.717) is 0 Å². The number of rotatable bonds is 40. The molecule has 30 heterocycles. The molecule has 0 spiro atoms. The molecular formula is C108H152O40. The van der Waals surface area contributed by atoms with E-state index >= 15 is 0 Å². The van der Waals surface area contributed by atoms with Gasteiger partial charge in [0, 0.05) is 156 Å². The summed E-state index contributed by atoms with van der Waals surface area (Å²) < 4.78 is 275. The van der Waals surface area contributed by atoms with Crippen molar-refractivity contribution in [1.82, 2.24) is 0 Å². The molecule has 16 bridgehead atoms. The van der Waals surface area contributed by atoms with E-state index in [-0.39, 0.29) is 52.9 Å². The molecule has 824 valence electrons. The first-order valence-corrected chi connectivity index (χ1v) is 49.9. The van der Waals surface area contributed by atoms with Gasteiger partial charge in [-0.15, -0.1) is 0 Å². The van der Waals surface area contributed by atoms with Crippen molar-refractivity contribution in [3.63, 3.8) is 0 Å². The maximum Gasteiger partial charge on any atom is 0.187 e. The smallest absolute Gasteiger partial charge is 0.187 e. The van der Waals surface area contributed by atoms with Gasteiger partial charge in [0.25, 0.3) is 0 Å². The Bertz CT molecular complexity index is 4360. The second-order valence-corrected chi connectivity index (χ2v) is 37.3. The number of benzene rings is 6. The Morgan fingerprint density at radius 2 is 0.264 bits per heavy atom. The van der Waals surface area contributed by atoms with Gasteiger partial charge < -0.3 is 189 Å². The van der Waals surface area contributed by atoms with Gasteiger partial charge in [-0.25, -0.2) is 0 Å². The van der Waals surface area contributed by atoms with E-state index in [4.69, 9.17) is 189 Å². The average Bonchev–Trinajstić information content (AvgIpc) is 0.468. The fourth-order valence-corrected chi connectivity index (χ4v) is 22.6. The highest BCUT2D eigenvalue weighted by Crippen LogP contribution is 2.49. The summed E-state index contributed by atoms with van der Waals surface area (Å²) in [6, 6.07) is 59.5. The van der Waals surface area contributed by atoms with Crippen LogP contribution in [0.25, 0.3) is 0 Å². The second kappa shape index (κ2) is 55.9. The molecule has 0 amide bonds. The molecule has 30 aliphatic rings. The third-order valence-electron chi connectivity index (χ3n) is 29.4. The van der Waals surface area contributed by atoms with Crippen molar-refractivity contribution in [3.05, 3.63) is 215 Å². The molecule has 0 aliphatic carbocycles. The topological polar surface area (TPSA) is 369 Å². The van der Waals surface area contributed by atoms with Crippen LogP contribution in [-0.4, -0.2) is 455 Å². The zero-order chi connectivity index (χ0) is 105. The van der Waals surface area contributed by atoms with Crippen LogP contribution in [0, 0.1) is 0 Å². The van der Waals surface area contributed by atoms with Crippen molar-refractivity contribution in [1.29, 1.82) is 0 Å². The Morgan fingerprint density at radius 1 is 0.149 bits per heavy atom. The summed E-state index contributed by atoms with van der Waals surface area (Å²) in [5.74, 6) is 0. The second-order valence-electron chi connectivity index (χ2n) is 37.3. The van der Waals surface area contributed by atoms with Gasteiger partial charge >= 0.3 is 0 Å². The highest BCUT2D eigenvalue weighted by Gasteiger charge is 2.64. The molecule has 6 aromatic rings. The van der Waals surface area contributed by atoms with Crippen LogP contribution in [0.4, 0.5) is 0 Å². The third kappa shape index (κ3) is 24.4. The Kier molecular flexibility index (Phi) is 43.7. The van der Waals surface area contributed by atoms with Gasteiger partial charge in [-0.05, 0) is 33.4 Å². The lowest BCUT2D eigenvalue weighted by Gasteiger charge is -2.53. The van der Waals surface area contributed by atoms with Crippen molar-refractivity contribution in [2.75, 3.05) is 209 Å². The van der Waals surface area contributed by atoms with Crippen molar-refractivity contribution >= 4 is 0 Å². The Labute approximate surface area is 866 Å². The number of methoxy groups -OCH3 is 22. The highest BCUT2D eigenvalue weighted by atomic mass is 16.8. The average molecular weight is 2090 g/mol. The molecular weight excluding hydrogens is 1940 g/mol. The number of ether oxygens (including phenoxy) is 40. The van der Waals surface area contributed by atoms with Crippen LogP contribution in [0.1, 0.15) is 33.4 Å². The lowest BCUT2D eigenvalue weighted by Crippen LogP contribution is -2.70. The summed E-state index contributed by atoms with van der Waals surface area (Å²) in [6.07, 6.45) is -46.6. The molecule has 30 saturated heterocycles. The summed E-state index contributed by atoms with van der Waals surface area (Å²) in [6.45, 7) is -1.18. The molecule has 30 fully saturated rings. The fraction of sp³-hybridized carbons (Fsp3) is 0.667. The Balaban J connectivity index is 0.851. The lowest BCUT2D eigenvalue weighted by atomic mass is 9.80. The zero-order valence-electron chi connectivity index (χ0n) is 88.4. The molecule has 36 rings (SSSR count). The van der Waals surface area contributed by atoms with Gasteiger partial charge in [0.1, 0.15) is 207 Å². The SMILES string of the molecule is COC[C@H]1O[C@@H]2O[C@H]3[C@H](OC)[C@@H](OC)[C@@H](O[C@H]4[C@H](OC)[C@@H](OC)[C@@H](O[C@H]5[C@H](OC)[C@@H](OC)[C@@H](O[C@H]6[C@H](OC)[C@@H](OC)[C@@H](O[C@H]7[C@H](OC)[C@@H](OC)[C@@H](O[C@H]8[C@H](OC)[C@H](OC)[C@@H](O[C@H]9[C@H](OC)[C@H](OC)[C@@H](O[C@H]1[C@H](OC)[C@@H]2OC)O[C@@H]9COC(c1ccccc1)(c1ccccc1)c1ccccc1)O[C@@H]8COC)O[C@@H]7COC)O[C@@H]6COC)O[C@@H]5COC)O[C@@H]4COC(c1ccccc1)(c1ccccc1)c1ccccc1)O[C@@H]3COC. The van der Waals surface area contributed by atoms with E-state index in [9.17, 15) is 0 Å². The standard InChI is InChI=1S/C108H152O40/c1-109-53-67-75-83(115-7)92(124-16)100(134-67)143-77-69(55-111-3)137-103(95(127-19)85(77)117-9)147-81-73(59-131-107(61-41-29-23-30-42-61,62-43-31-24-32-44-62)63-45-33-25-34-46-63)140-106(98(130-22)89(81)121-13)146-80-72(58-114-6)136-102(94(126-18)88(80)120-12)144-78-70(56-112-4)138-104(96(128-20)86(78)118-10)148-82-74(60-132-108(64-47-35-26-36-48-64,65-49-37-27-38-50-65)66-51-39-28-40-52-66)139-105(97(129-21)90(82)122-14)145-79-71(57-113-5)135-101(93(125-17)87(79)119-11)142-76-68(54-110-2)133-99(141-75)91(123-15)84(76)116-8/h23-52,67-106H,53-60H2,1-22H3/t67-,68-,69-,70-,71-,72-,73-,74-,75-,76-,77-,78-,79-,80-,81-,82-,83+,84+,85+,86+,87+,88+,89+,90+,91-,92-,93-,94+,95+,96-,97-,98+,99-,100-,101-,102-,103-,104-,105-,106-/m1/s1. The molecule has 0 unspecified atom stereocenters. The first kappa shape index (κ1) is 116. The molecule has 40 heteroatoms. The van der Waals surface area contributed by atoms with Crippen molar-refractivity contribution < 1.29 is 189 Å². The lowest BCUT2D eigenvalue weighted by molar-refractivity contribution is -0.410. The Hall–Kier alpha value is -6.28. The minimum Gasteiger partial charge on any atom is -0.382 e.